The normalized spacial score (nSPS) is 12.1. The number of aromatic nitrogens is 1. The van der Waals surface area contributed by atoms with Crippen molar-refractivity contribution in [3.05, 3.63) is 46.4 Å². The highest BCUT2D eigenvalue weighted by Crippen LogP contribution is 2.08. The number of carbonyl (C=O) groups excluding carboxylic acids is 1. The van der Waals surface area contributed by atoms with Gasteiger partial charge in [0.15, 0.2) is 0 Å². The molecule has 0 saturated heterocycles. The van der Waals surface area contributed by atoms with E-state index in [2.05, 4.69) is 10.3 Å². The van der Waals surface area contributed by atoms with E-state index in [-0.39, 0.29) is 5.91 Å². The van der Waals surface area contributed by atoms with Gasteiger partial charge in [-0.3, -0.25) is 9.00 Å². The minimum Gasteiger partial charge on any atom is -0.346 e. The summed E-state index contributed by atoms with van der Waals surface area (Å²) in [4.78, 5) is 16.6. The lowest BCUT2D eigenvalue weighted by atomic mass is 10.2. The van der Waals surface area contributed by atoms with Crippen molar-refractivity contribution in [2.45, 2.75) is 11.4 Å². The van der Waals surface area contributed by atoms with Crippen LogP contribution in [0.4, 0.5) is 0 Å². The first-order chi connectivity index (χ1) is 8.66. The highest BCUT2D eigenvalue weighted by atomic mass is 32.2. The van der Waals surface area contributed by atoms with E-state index in [9.17, 15) is 9.00 Å². The molecule has 0 saturated carbocycles. The summed E-state index contributed by atoms with van der Waals surface area (Å²) < 4.78 is 11.2. The predicted octanol–water partition coefficient (Wildman–Crippen LogP) is 1.81. The lowest BCUT2D eigenvalue weighted by molar-refractivity contribution is 0.0951. The van der Waals surface area contributed by atoms with Crippen molar-refractivity contribution in [3.8, 4) is 0 Å². The van der Waals surface area contributed by atoms with Crippen LogP contribution in [0.3, 0.4) is 0 Å². The Morgan fingerprint density at radius 2 is 2.11 bits per heavy atom. The molecule has 0 spiro atoms. The third-order valence-corrected chi connectivity index (χ3v) is 4.05. The zero-order chi connectivity index (χ0) is 13.0. The maximum atomic E-state index is 11.8. The van der Waals surface area contributed by atoms with Crippen LogP contribution in [0.5, 0.6) is 0 Å². The number of amides is 1. The van der Waals surface area contributed by atoms with E-state index >= 15 is 0 Å². The van der Waals surface area contributed by atoms with Gasteiger partial charge in [-0.25, -0.2) is 4.98 Å². The SMILES string of the molecule is C[S@](=O)c1ccc(C(=O)NCc2nccs2)cc1. The first-order valence-corrected chi connectivity index (χ1v) is 7.70. The van der Waals surface area contributed by atoms with Crippen LogP contribution in [0.25, 0.3) is 0 Å². The molecular weight excluding hydrogens is 268 g/mol. The maximum absolute atomic E-state index is 11.8. The first kappa shape index (κ1) is 12.9. The summed E-state index contributed by atoms with van der Waals surface area (Å²) in [5.41, 5.74) is 0.556. The molecule has 18 heavy (non-hydrogen) atoms. The molecule has 1 heterocycles. The molecule has 0 aliphatic rings. The van der Waals surface area contributed by atoms with Gasteiger partial charge in [0.25, 0.3) is 5.91 Å². The molecule has 0 aliphatic carbocycles. The summed E-state index contributed by atoms with van der Waals surface area (Å²) in [5, 5.41) is 5.52. The van der Waals surface area contributed by atoms with Crippen molar-refractivity contribution in [1.82, 2.24) is 10.3 Å². The van der Waals surface area contributed by atoms with Crippen molar-refractivity contribution in [2.24, 2.45) is 0 Å². The van der Waals surface area contributed by atoms with Crippen LogP contribution in [0.15, 0.2) is 40.7 Å². The summed E-state index contributed by atoms with van der Waals surface area (Å²) >= 11 is 1.50. The Morgan fingerprint density at radius 1 is 1.39 bits per heavy atom. The molecule has 1 N–H and O–H groups in total. The van der Waals surface area contributed by atoms with Crippen LogP contribution in [0, 0.1) is 0 Å². The summed E-state index contributed by atoms with van der Waals surface area (Å²) in [7, 11) is -1.02. The first-order valence-electron chi connectivity index (χ1n) is 5.27. The number of thiazole rings is 1. The minimum atomic E-state index is -1.02. The molecule has 6 heteroatoms. The molecule has 1 amide bonds. The lowest BCUT2D eigenvalue weighted by Crippen LogP contribution is -2.22. The van der Waals surface area contributed by atoms with Crippen LogP contribution in [0.1, 0.15) is 15.4 Å². The molecule has 2 aromatic rings. The largest absolute Gasteiger partial charge is 0.346 e. The second kappa shape index (κ2) is 5.88. The van der Waals surface area contributed by atoms with Crippen LogP contribution in [-0.4, -0.2) is 21.4 Å². The van der Waals surface area contributed by atoms with Gasteiger partial charge >= 0.3 is 0 Å². The van der Waals surface area contributed by atoms with Crippen molar-refractivity contribution >= 4 is 28.0 Å². The van der Waals surface area contributed by atoms with E-state index in [4.69, 9.17) is 0 Å². The van der Waals surface area contributed by atoms with E-state index in [0.717, 1.165) is 5.01 Å². The average molecular weight is 280 g/mol. The molecule has 1 aromatic heterocycles. The number of benzene rings is 1. The summed E-state index contributed by atoms with van der Waals surface area (Å²) in [6, 6.07) is 6.75. The third kappa shape index (κ3) is 3.24. The van der Waals surface area contributed by atoms with Crippen LogP contribution in [0.2, 0.25) is 0 Å². The van der Waals surface area contributed by atoms with Crippen LogP contribution < -0.4 is 5.32 Å². The quantitative estimate of drug-likeness (QED) is 0.929. The molecule has 1 atom stereocenters. The van der Waals surface area contributed by atoms with Crippen molar-refractivity contribution in [1.29, 1.82) is 0 Å². The van der Waals surface area contributed by atoms with E-state index in [0.29, 0.717) is 17.0 Å². The minimum absolute atomic E-state index is 0.154. The lowest BCUT2D eigenvalue weighted by Gasteiger charge is -2.03. The number of hydrogen-bond acceptors (Lipinski definition) is 4. The molecular formula is C12H12N2O2S2. The van der Waals surface area contributed by atoms with Gasteiger partial charge < -0.3 is 5.32 Å². The second-order valence-corrected chi connectivity index (χ2v) is 5.95. The smallest absolute Gasteiger partial charge is 0.251 e. The average Bonchev–Trinajstić information content (AvgIpc) is 2.89. The Kier molecular flexibility index (Phi) is 4.22. The van der Waals surface area contributed by atoms with Gasteiger partial charge in [0.05, 0.1) is 6.54 Å². The van der Waals surface area contributed by atoms with Gasteiger partial charge in [-0.15, -0.1) is 11.3 Å². The number of hydrogen-bond donors (Lipinski definition) is 1. The summed E-state index contributed by atoms with van der Waals surface area (Å²) in [6.45, 7) is 0.429. The Balaban J connectivity index is 1.98. The number of nitrogens with one attached hydrogen (secondary N) is 1. The molecule has 0 unspecified atom stereocenters. The maximum Gasteiger partial charge on any atom is 0.251 e. The Bertz CT molecular complexity index is 550. The molecule has 0 bridgehead atoms. The molecule has 0 fully saturated rings. The second-order valence-electron chi connectivity index (χ2n) is 3.59. The predicted molar refractivity (Wildman–Crippen MR) is 72.1 cm³/mol. The van der Waals surface area contributed by atoms with E-state index in [1.54, 1.807) is 36.7 Å². The molecule has 1 aromatic carbocycles. The van der Waals surface area contributed by atoms with E-state index in [1.165, 1.54) is 11.3 Å². The van der Waals surface area contributed by atoms with Crippen LogP contribution >= 0.6 is 11.3 Å². The van der Waals surface area contributed by atoms with E-state index < -0.39 is 10.8 Å². The molecule has 94 valence electrons. The standard InChI is InChI=1S/C12H12N2O2S2/c1-18(16)10-4-2-9(3-5-10)12(15)14-8-11-13-6-7-17-11/h2-7H,8H2,1H3,(H,14,15)/t18-/m0/s1. The topological polar surface area (TPSA) is 59.1 Å². The summed E-state index contributed by atoms with van der Waals surface area (Å²) in [6.07, 6.45) is 3.31. The summed E-state index contributed by atoms with van der Waals surface area (Å²) in [5.74, 6) is -0.154. The zero-order valence-corrected chi connectivity index (χ0v) is 11.4. The fourth-order valence-corrected chi connectivity index (χ4v) is 2.47. The highest BCUT2D eigenvalue weighted by Gasteiger charge is 2.06. The molecule has 0 radical (unpaired) electrons. The number of nitrogens with zero attached hydrogens (tertiary/aromatic N) is 1. The molecule has 4 nitrogen and oxygen atoms in total. The van der Waals surface area contributed by atoms with Crippen molar-refractivity contribution in [2.75, 3.05) is 6.26 Å². The Hall–Kier alpha value is -1.53. The van der Waals surface area contributed by atoms with Gasteiger partial charge in [-0.2, -0.15) is 0 Å². The van der Waals surface area contributed by atoms with E-state index in [1.807, 2.05) is 5.38 Å². The number of carbonyl (C=O) groups is 1. The molecule has 0 aliphatic heterocycles. The highest BCUT2D eigenvalue weighted by molar-refractivity contribution is 7.84. The fraction of sp³-hybridized carbons (Fsp3) is 0.167. The Labute approximate surface area is 112 Å². The van der Waals surface area contributed by atoms with Gasteiger partial charge in [-0.1, -0.05) is 0 Å². The number of rotatable bonds is 4. The van der Waals surface area contributed by atoms with Gasteiger partial charge in [0.2, 0.25) is 0 Å². The third-order valence-electron chi connectivity index (χ3n) is 2.33. The van der Waals surface area contributed by atoms with Gasteiger partial charge in [0, 0.05) is 39.1 Å². The van der Waals surface area contributed by atoms with Crippen molar-refractivity contribution in [3.63, 3.8) is 0 Å². The monoisotopic (exact) mass is 280 g/mol. The van der Waals surface area contributed by atoms with Crippen molar-refractivity contribution < 1.29 is 9.00 Å². The zero-order valence-electron chi connectivity index (χ0n) is 9.75. The van der Waals surface area contributed by atoms with Gasteiger partial charge in [0.1, 0.15) is 5.01 Å². The Morgan fingerprint density at radius 3 is 2.67 bits per heavy atom. The molecule has 2 rings (SSSR count). The van der Waals surface area contributed by atoms with Gasteiger partial charge in [-0.05, 0) is 24.3 Å². The van der Waals surface area contributed by atoms with Crippen LogP contribution in [-0.2, 0) is 17.3 Å². The fourth-order valence-electron chi connectivity index (χ4n) is 1.40.